The van der Waals surface area contributed by atoms with E-state index in [2.05, 4.69) is 26.0 Å². The number of ether oxygens (including phenoxy) is 1. The summed E-state index contributed by atoms with van der Waals surface area (Å²) in [5.74, 6) is -0.352. The van der Waals surface area contributed by atoms with E-state index in [1.807, 2.05) is 0 Å². The van der Waals surface area contributed by atoms with E-state index in [1.165, 1.54) is 6.07 Å². The number of rotatable bonds is 1. The lowest BCUT2D eigenvalue weighted by Crippen LogP contribution is -2.19. The van der Waals surface area contributed by atoms with Crippen molar-refractivity contribution >= 4 is 22.0 Å². The van der Waals surface area contributed by atoms with Crippen molar-refractivity contribution in [3.05, 3.63) is 34.1 Å². The van der Waals surface area contributed by atoms with Crippen LogP contribution >= 0.6 is 15.9 Å². The maximum atomic E-state index is 13.4. The van der Waals surface area contributed by atoms with E-state index in [4.69, 9.17) is 0 Å². The topological polar surface area (TPSA) is 38.3 Å². The van der Waals surface area contributed by atoms with Crippen LogP contribution in [0.5, 0.6) is 0 Å². The van der Waals surface area contributed by atoms with Crippen LogP contribution in [0, 0.1) is 5.82 Å². The van der Waals surface area contributed by atoms with Crippen molar-refractivity contribution in [2.45, 2.75) is 6.04 Å². The molecule has 14 heavy (non-hydrogen) atoms. The monoisotopic (exact) mass is 259 g/mol. The maximum Gasteiger partial charge on any atom is 0.407 e. The summed E-state index contributed by atoms with van der Waals surface area (Å²) in [4.78, 5) is 10.7. The van der Waals surface area contributed by atoms with E-state index in [-0.39, 0.29) is 18.5 Å². The van der Waals surface area contributed by atoms with Crippen LogP contribution < -0.4 is 5.32 Å². The molecule has 74 valence electrons. The second-order valence-corrected chi connectivity index (χ2v) is 3.88. The molecule has 1 aliphatic rings. The highest BCUT2D eigenvalue weighted by Gasteiger charge is 2.25. The minimum atomic E-state index is -0.502. The highest BCUT2D eigenvalue weighted by atomic mass is 79.9. The van der Waals surface area contributed by atoms with E-state index in [0.717, 1.165) is 0 Å². The fraction of sp³-hybridized carbons (Fsp3) is 0.222. The van der Waals surface area contributed by atoms with E-state index < -0.39 is 6.09 Å². The lowest BCUT2D eigenvalue weighted by atomic mass is 10.1. The number of hydrogen-bond acceptors (Lipinski definition) is 2. The molecule has 1 saturated heterocycles. The second-order valence-electron chi connectivity index (χ2n) is 2.96. The Labute approximate surface area is 88.4 Å². The normalized spacial score (nSPS) is 20.4. The van der Waals surface area contributed by atoms with Gasteiger partial charge in [0.1, 0.15) is 12.4 Å². The summed E-state index contributed by atoms with van der Waals surface area (Å²) in [6.45, 7) is 0.178. The smallest absolute Gasteiger partial charge is 0.407 e. The van der Waals surface area contributed by atoms with Crippen molar-refractivity contribution in [1.82, 2.24) is 5.32 Å². The SMILES string of the molecule is O=C1N[C@@H](c2ccc(Br)cc2F)CO1. The largest absolute Gasteiger partial charge is 0.447 e. The predicted octanol–water partition coefficient (Wildman–Crippen LogP) is 2.37. The molecule has 0 bridgehead atoms. The van der Waals surface area contributed by atoms with Gasteiger partial charge in [0.25, 0.3) is 0 Å². The zero-order valence-corrected chi connectivity index (χ0v) is 8.67. The fourth-order valence-corrected chi connectivity index (χ4v) is 1.67. The van der Waals surface area contributed by atoms with Gasteiger partial charge in [-0.3, -0.25) is 0 Å². The van der Waals surface area contributed by atoms with Gasteiger partial charge in [0.05, 0.1) is 6.04 Å². The van der Waals surface area contributed by atoms with Crippen LogP contribution in [-0.4, -0.2) is 12.7 Å². The molecule has 0 spiro atoms. The molecular weight excluding hydrogens is 253 g/mol. The van der Waals surface area contributed by atoms with Crippen molar-refractivity contribution in [2.75, 3.05) is 6.61 Å². The molecule has 3 nitrogen and oxygen atoms in total. The molecule has 0 radical (unpaired) electrons. The summed E-state index contributed by atoms with van der Waals surface area (Å²) in [5, 5.41) is 2.51. The Balaban J connectivity index is 2.28. The lowest BCUT2D eigenvalue weighted by molar-refractivity contribution is 0.177. The Hall–Kier alpha value is -1.10. The summed E-state index contributed by atoms with van der Waals surface area (Å²) in [7, 11) is 0. The summed E-state index contributed by atoms with van der Waals surface area (Å²) in [6, 6.07) is 4.33. The summed E-state index contributed by atoms with van der Waals surface area (Å²) >= 11 is 3.16. The average molecular weight is 260 g/mol. The van der Waals surface area contributed by atoms with Gasteiger partial charge in [-0.2, -0.15) is 0 Å². The Morgan fingerprint density at radius 1 is 1.57 bits per heavy atom. The molecule has 2 rings (SSSR count). The molecule has 1 aliphatic heterocycles. The van der Waals surface area contributed by atoms with E-state index in [0.29, 0.717) is 10.0 Å². The molecule has 0 aliphatic carbocycles. The van der Waals surface area contributed by atoms with Gasteiger partial charge in [-0.15, -0.1) is 0 Å². The number of hydrogen-bond donors (Lipinski definition) is 1. The Morgan fingerprint density at radius 3 is 2.93 bits per heavy atom. The third-order valence-electron chi connectivity index (χ3n) is 2.01. The quantitative estimate of drug-likeness (QED) is 0.841. The Bertz CT molecular complexity index is 383. The van der Waals surface area contributed by atoms with E-state index in [9.17, 15) is 9.18 Å². The first kappa shape index (κ1) is 9.45. The van der Waals surface area contributed by atoms with Crippen LogP contribution in [-0.2, 0) is 4.74 Å². The Kier molecular flexibility index (Phi) is 2.41. The number of alkyl carbamates (subject to hydrolysis) is 1. The highest BCUT2D eigenvalue weighted by molar-refractivity contribution is 9.10. The van der Waals surface area contributed by atoms with Gasteiger partial charge < -0.3 is 10.1 Å². The zero-order chi connectivity index (χ0) is 10.1. The molecule has 1 atom stereocenters. The minimum Gasteiger partial charge on any atom is -0.447 e. The molecule has 1 amide bonds. The third-order valence-corrected chi connectivity index (χ3v) is 2.50. The molecule has 0 saturated carbocycles. The molecule has 0 aromatic heterocycles. The van der Waals surface area contributed by atoms with Gasteiger partial charge in [-0.25, -0.2) is 9.18 Å². The third kappa shape index (κ3) is 1.72. The number of carbonyl (C=O) groups is 1. The predicted molar refractivity (Wildman–Crippen MR) is 51.3 cm³/mol. The van der Waals surface area contributed by atoms with Gasteiger partial charge >= 0.3 is 6.09 Å². The number of nitrogens with one attached hydrogen (secondary N) is 1. The van der Waals surface area contributed by atoms with Crippen LogP contribution in [0.4, 0.5) is 9.18 Å². The minimum absolute atomic E-state index is 0.178. The summed E-state index contributed by atoms with van der Waals surface area (Å²) < 4.78 is 18.7. The number of amides is 1. The number of benzene rings is 1. The number of halogens is 2. The van der Waals surface area contributed by atoms with Gasteiger partial charge in [-0.1, -0.05) is 22.0 Å². The first-order chi connectivity index (χ1) is 6.66. The summed E-state index contributed by atoms with van der Waals surface area (Å²) in [6.07, 6.45) is -0.502. The van der Waals surface area contributed by atoms with Crippen LogP contribution in [0.25, 0.3) is 0 Å². The van der Waals surface area contributed by atoms with E-state index >= 15 is 0 Å². The number of cyclic esters (lactones) is 1. The molecule has 5 heteroatoms. The first-order valence-electron chi connectivity index (χ1n) is 4.05. The van der Waals surface area contributed by atoms with Crippen LogP contribution in [0.3, 0.4) is 0 Å². The highest BCUT2D eigenvalue weighted by Crippen LogP contribution is 2.23. The van der Waals surface area contributed by atoms with Gasteiger partial charge in [-0.05, 0) is 12.1 Å². The van der Waals surface area contributed by atoms with Crippen molar-refractivity contribution in [1.29, 1.82) is 0 Å². The van der Waals surface area contributed by atoms with Crippen LogP contribution in [0.1, 0.15) is 11.6 Å². The van der Waals surface area contributed by atoms with Crippen LogP contribution in [0.2, 0.25) is 0 Å². The van der Waals surface area contributed by atoms with Gasteiger partial charge in [0, 0.05) is 10.0 Å². The first-order valence-corrected chi connectivity index (χ1v) is 4.84. The van der Waals surface area contributed by atoms with Crippen molar-refractivity contribution in [3.8, 4) is 0 Å². The molecule has 0 unspecified atom stereocenters. The molecule has 1 N–H and O–H groups in total. The van der Waals surface area contributed by atoms with Crippen molar-refractivity contribution in [2.24, 2.45) is 0 Å². The molecule has 1 heterocycles. The molecule has 1 aromatic carbocycles. The average Bonchev–Trinajstić information content (AvgIpc) is 2.51. The lowest BCUT2D eigenvalue weighted by Gasteiger charge is -2.08. The summed E-state index contributed by atoms with van der Waals surface area (Å²) in [5.41, 5.74) is 0.444. The second kappa shape index (κ2) is 3.57. The molecule has 1 fully saturated rings. The number of carbonyl (C=O) groups excluding carboxylic acids is 1. The maximum absolute atomic E-state index is 13.4. The zero-order valence-electron chi connectivity index (χ0n) is 7.09. The Morgan fingerprint density at radius 2 is 2.36 bits per heavy atom. The van der Waals surface area contributed by atoms with E-state index in [1.54, 1.807) is 12.1 Å². The fourth-order valence-electron chi connectivity index (χ4n) is 1.34. The molecular formula is C9H7BrFNO2. The van der Waals surface area contributed by atoms with Crippen LogP contribution in [0.15, 0.2) is 22.7 Å². The molecule has 1 aromatic rings. The standard InChI is InChI=1S/C9H7BrFNO2/c10-5-1-2-6(7(11)3-5)8-4-14-9(13)12-8/h1-3,8H,4H2,(H,12,13)/t8-/m1/s1. The van der Waals surface area contributed by atoms with Gasteiger partial charge in [0.15, 0.2) is 0 Å². The van der Waals surface area contributed by atoms with Crippen molar-refractivity contribution in [3.63, 3.8) is 0 Å². The van der Waals surface area contributed by atoms with Gasteiger partial charge in [0.2, 0.25) is 0 Å². The van der Waals surface area contributed by atoms with Crippen molar-refractivity contribution < 1.29 is 13.9 Å².